The standard InChI is InChI=1S/C46H60N12O9/c1-4-5-10-35-55-37-39(32-8-6-7-9-33(32)53-40(37)47)58(35)27-46(2,3)28-67-24-23-66-22-21-65-20-19-64-18-17-49-36(59)16-15-34(44(62)63)54-42(60)29-11-13-30(14-12-29)50-25-31-26-51-41-38(52-31)43(61)57-45(48)56-41/h6-9,11-14,26,34,50H,4-5,10,15-25,27-28H2,1-3H3,(H2,47,53)(H,49,59)(H,54,60)(H,62,63)(H3,48,51,56,57,61). The van der Waals surface area contributed by atoms with E-state index in [-0.39, 0.29) is 66.5 Å². The van der Waals surface area contributed by atoms with E-state index in [4.69, 9.17) is 35.4 Å². The summed E-state index contributed by atoms with van der Waals surface area (Å²) >= 11 is 0. The summed E-state index contributed by atoms with van der Waals surface area (Å²) < 4.78 is 25.2. The number of carbonyl (C=O) groups excluding carboxylic acids is 2. The van der Waals surface area contributed by atoms with Gasteiger partial charge in [0.15, 0.2) is 17.0 Å². The number of benzene rings is 2. The molecule has 2 aromatic carbocycles. The fourth-order valence-electron chi connectivity index (χ4n) is 7.20. The molecule has 67 heavy (non-hydrogen) atoms. The number of H-pyrrole nitrogens is 1. The lowest BCUT2D eigenvalue weighted by Gasteiger charge is -2.26. The molecule has 1 atom stereocenters. The van der Waals surface area contributed by atoms with Crippen molar-refractivity contribution < 1.29 is 38.4 Å². The highest BCUT2D eigenvalue weighted by atomic mass is 16.6. The van der Waals surface area contributed by atoms with E-state index >= 15 is 0 Å². The number of nitrogen functional groups attached to an aromatic ring is 2. The zero-order valence-corrected chi connectivity index (χ0v) is 38.1. The van der Waals surface area contributed by atoms with E-state index in [2.05, 4.69) is 72.3 Å². The number of para-hydroxylation sites is 1. The Balaban J connectivity index is 0.787. The van der Waals surface area contributed by atoms with Gasteiger partial charge in [-0.15, -0.1) is 0 Å². The van der Waals surface area contributed by atoms with Gasteiger partial charge in [0.25, 0.3) is 11.5 Å². The van der Waals surface area contributed by atoms with Crippen LogP contribution in [-0.2, 0) is 48.0 Å². The van der Waals surface area contributed by atoms with Crippen LogP contribution < -0.4 is 33.0 Å². The van der Waals surface area contributed by atoms with E-state index in [0.717, 1.165) is 47.0 Å². The zero-order valence-electron chi connectivity index (χ0n) is 38.1. The smallest absolute Gasteiger partial charge is 0.326 e. The predicted molar refractivity (Wildman–Crippen MR) is 252 cm³/mol. The number of hydrogen-bond acceptors (Lipinski definition) is 16. The Morgan fingerprint density at radius 1 is 0.881 bits per heavy atom. The van der Waals surface area contributed by atoms with Crippen molar-refractivity contribution in [1.82, 2.24) is 45.1 Å². The topological polar surface area (TPSA) is 299 Å². The number of aryl methyl sites for hydroxylation is 1. The van der Waals surface area contributed by atoms with Gasteiger partial charge >= 0.3 is 5.97 Å². The Kier molecular flexibility index (Phi) is 17.8. The van der Waals surface area contributed by atoms with E-state index in [1.165, 1.54) is 18.3 Å². The normalized spacial score (nSPS) is 12.2. The number of carboxylic acids is 1. The molecule has 21 heteroatoms. The first-order chi connectivity index (χ1) is 32.3. The molecule has 2 amide bonds. The van der Waals surface area contributed by atoms with Gasteiger partial charge in [-0.3, -0.25) is 19.4 Å². The third kappa shape index (κ3) is 14.3. The number of hydrogen-bond donors (Lipinski definition) is 7. The number of nitrogens with one attached hydrogen (secondary N) is 4. The number of unbranched alkanes of at least 4 members (excludes halogenated alkanes) is 1. The third-order valence-corrected chi connectivity index (χ3v) is 10.6. The molecule has 9 N–H and O–H groups in total. The van der Waals surface area contributed by atoms with E-state index in [1.54, 1.807) is 12.1 Å². The number of carboxylic acid groups (broad SMARTS) is 1. The fraction of sp³-hybridized carbons (Fsp3) is 0.457. The summed E-state index contributed by atoms with van der Waals surface area (Å²) in [6, 6.07) is 13.1. The lowest BCUT2D eigenvalue weighted by molar-refractivity contribution is -0.139. The van der Waals surface area contributed by atoms with Crippen LogP contribution in [-0.4, -0.2) is 123 Å². The maximum absolute atomic E-state index is 12.8. The minimum atomic E-state index is -1.28. The number of fused-ring (bicyclic) bond motifs is 4. The van der Waals surface area contributed by atoms with Crippen LogP contribution in [0, 0.1) is 5.41 Å². The van der Waals surface area contributed by atoms with Crippen LogP contribution in [0.2, 0.25) is 0 Å². The number of anilines is 3. The number of amides is 2. The van der Waals surface area contributed by atoms with Gasteiger partial charge < -0.3 is 56.0 Å². The predicted octanol–water partition coefficient (Wildman–Crippen LogP) is 3.60. The number of aromatic nitrogens is 7. The van der Waals surface area contributed by atoms with Crippen molar-refractivity contribution in [3.63, 3.8) is 0 Å². The van der Waals surface area contributed by atoms with E-state index in [0.29, 0.717) is 70.0 Å². The molecule has 0 saturated heterocycles. The van der Waals surface area contributed by atoms with Gasteiger partial charge in [0, 0.05) is 48.0 Å². The molecule has 0 spiro atoms. The van der Waals surface area contributed by atoms with Crippen LogP contribution in [0.4, 0.5) is 17.5 Å². The van der Waals surface area contributed by atoms with Gasteiger partial charge in [-0.1, -0.05) is 45.4 Å². The van der Waals surface area contributed by atoms with Gasteiger partial charge in [0.2, 0.25) is 11.9 Å². The quantitative estimate of drug-likeness (QED) is 0.0346. The first-order valence-electron chi connectivity index (χ1n) is 22.3. The summed E-state index contributed by atoms with van der Waals surface area (Å²) in [5.41, 5.74) is 15.4. The van der Waals surface area contributed by atoms with Crippen LogP contribution in [0.5, 0.6) is 0 Å². The molecular weight excluding hydrogens is 865 g/mol. The molecule has 0 aliphatic rings. The number of pyridine rings is 1. The molecule has 0 radical (unpaired) electrons. The Morgan fingerprint density at radius 2 is 1.58 bits per heavy atom. The van der Waals surface area contributed by atoms with Crippen molar-refractivity contribution in [3.8, 4) is 0 Å². The summed E-state index contributed by atoms with van der Waals surface area (Å²) in [6.07, 6.45) is 4.19. The molecule has 4 heterocycles. The van der Waals surface area contributed by atoms with Gasteiger partial charge in [-0.05, 0) is 43.2 Å². The molecule has 0 fully saturated rings. The molecule has 6 aromatic rings. The average molecular weight is 925 g/mol. The second-order valence-corrected chi connectivity index (χ2v) is 16.7. The molecular formula is C46H60N12O9. The van der Waals surface area contributed by atoms with E-state index < -0.39 is 23.5 Å². The lowest BCUT2D eigenvalue weighted by Crippen LogP contribution is -2.41. The zero-order chi connectivity index (χ0) is 47.8. The van der Waals surface area contributed by atoms with Crippen molar-refractivity contribution in [2.24, 2.45) is 5.41 Å². The van der Waals surface area contributed by atoms with Gasteiger partial charge in [0.1, 0.15) is 17.4 Å². The molecule has 358 valence electrons. The lowest BCUT2D eigenvalue weighted by atomic mass is 9.94. The number of imidazole rings is 1. The highest BCUT2D eigenvalue weighted by Gasteiger charge is 2.25. The first kappa shape index (κ1) is 49.6. The summed E-state index contributed by atoms with van der Waals surface area (Å²) in [4.78, 5) is 73.5. The van der Waals surface area contributed by atoms with Crippen LogP contribution in [0.15, 0.2) is 59.5 Å². The van der Waals surface area contributed by atoms with Gasteiger partial charge in [0.05, 0.1) is 82.3 Å². The second kappa shape index (κ2) is 24.1. The van der Waals surface area contributed by atoms with Crippen LogP contribution in [0.3, 0.4) is 0 Å². The molecule has 0 aliphatic heterocycles. The molecule has 0 aliphatic carbocycles. The Bertz CT molecular complexity index is 2670. The van der Waals surface area contributed by atoms with Crippen molar-refractivity contribution in [1.29, 1.82) is 0 Å². The maximum Gasteiger partial charge on any atom is 0.326 e. The fourth-order valence-corrected chi connectivity index (χ4v) is 7.20. The average Bonchev–Trinajstić information content (AvgIpc) is 3.66. The molecule has 21 nitrogen and oxygen atoms in total. The number of rotatable bonds is 28. The number of nitrogens with two attached hydrogens (primary N) is 2. The summed E-state index contributed by atoms with van der Waals surface area (Å²) in [5.74, 6) is -0.846. The number of ether oxygens (including phenoxy) is 4. The maximum atomic E-state index is 12.8. The molecule has 1 unspecified atom stereocenters. The van der Waals surface area contributed by atoms with Crippen LogP contribution >= 0.6 is 0 Å². The Morgan fingerprint density at radius 3 is 2.30 bits per heavy atom. The van der Waals surface area contributed by atoms with Crippen molar-refractivity contribution in [2.75, 3.05) is 76.2 Å². The van der Waals surface area contributed by atoms with Crippen molar-refractivity contribution in [2.45, 2.75) is 72.0 Å². The Hall–Kier alpha value is -6.81. The van der Waals surface area contributed by atoms with Gasteiger partial charge in [-0.25, -0.2) is 24.7 Å². The molecule has 4 aromatic heterocycles. The van der Waals surface area contributed by atoms with Crippen LogP contribution in [0.25, 0.3) is 33.1 Å². The largest absolute Gasteiger partial charge is 0.480 e. The van der Waals surface area contributed by atoms with E-state index in [9.17, 15) is 24.3 Å². The highest BCUT2D eigenvalue weighted by molar-refractivity contribution is 6.06. The Labute approximate surface area is 386 Å². The van der Waals surface area contributed by atoms with Crippen molar-refractivity contribution in [3.05, 3.63) is 82.2 Å². The number of carbonyl (C=O) groups is 3. The summed E-state index contributed by atoms with van der Waals surface area (Å²) in [5, 5.41) is 19.0. The minimum Gasteiger partial charge on any atom is -0.480 e. The first-order valence-corrected chi connectivity index (χ1v) is 22.3. The SMILES string of the molecule is CCCCc1nc2c(N)nc3ccccc3c2n1CC(C)(C)COCCOCCOCCOCCNC(=O)CCC(NC(=O)c1ccc(NCc2cnc3nc(N)[nH]c(=O)c3n2)cc1)C(=O)O. The highest BCUT2D eigenvalue weighted by Crippen LogP contribution is 2.32. The number of aliphatic carboxylic acids is 1. The van der Waals surface area contributed by atoms with Gasteiger partial charge in [-0.2, -0.15) is 4.98 Å². The molecule has 6 rings (SSSR count). The monoisotopic (exact) mass is 924 g/mol. The molecule has 0 saturated carbocycles. The van der Waals surface area contributed by atoms with E-state index in [1.807, 2.05) is 18.2 Å². The van der Waals surface area contributed by atoms with Crippen LogP contribution in [0.1, 0.15) is 68.3 Å². The number of nitrogens with zero attached hydrogens (tertiary/aromatic N) is 6. The summed E-state index contributed by atoms with van der Waals surface area (Å²) in [7, 11) is 0. The molecule has 0 bridgehead atoms. The second-order valence-electron chi connectivity index (χ2n) is 16.7. The third-order valence-electron chi connectivity index (χ3n) is 10.6. The summed E-state index contributed by atoms with van der Waals surface area (Å²) in [6.45, 7) is 10.8. The van der Waals surface area contributed by atoms with Crippen molar-refractivity contribution >= 4 is 68.3 Å². The minimum absolute atomic E-state index is 0.0543. The number of aromatic amines is 1.